The number of carbonyl (C=O) groups is 1. The summed E-state index contributed by atoms with van der Waals surface area (Å²) in [5.74, 6) is 0.573. The Kier molecular flexibility index (Phi) is 4.08. The SMILES string of the molecule is O=C(C=Cc1c(Cl)cccc1Cl)NCC1CC1. The van der Waals surface area contributed by atoms with Crippen molar-refractivity contribution in [3.63, 3.8) is 0 Å². The molecule has 0 aromatic heterocycles. The summed E-state index contributed by atoms with van der Waals surface area (Å²) in [6.07, 6.45) is 5.56. The highest BCUT2D eigenvalue weighted by molar-refractivity contribution is 6.37. The van der Waals surface area contributed by atoms with E-state index in [1.54, 1.807) is 24.3 Å². The fourth-order valence-electron chi connectivity index (χ4n) is 1.45. The molecule has 0 atom stereocenters. The second-order valence-corrected chi connectivity index (χ2v) is 4.97. The zero-order valence-corrected chi connectivity index (χ0v) is 10.8. The van der Waals surface area contributed by atoms with Gasteiger partial charge >= 0.3 is 0 Å². The lowest BCUT2D eigenvalue weighted by Gasteiger charge is -2.01. The highest BCUT2D eigenvalue weighted by Gasteiger charge is 2.20. The van der Waals surface area contributed by atoms with Gasteiger partial charge in [0.1, 0.15) is 0 Å². The molecular weight excluding hydrogens is 257 g/mol. The highest BCUT2D eigenvalue weighted by Crippen LogP contribution is 2.27. The van der Waals surface area contributed by atoms with E-state index in [0.717, 1.165) is 6.54 Å². The van der Waals surface area contributed by atoms with Crippen molar-refractivity contribution < 1.29 is 4.79 Å². The van der Waals surface area contributed by atoms with Crippen LogP contribution < -0.4 is 5.32 Å². The number of halogens is 2. The van der Waals surface area contributed by atoms with Gasteiger partial charge < -0.3 is 5.32 Å². The van der Waals surface area contributed by atoms with Crippen molar-refractivity contribution in [2.75, 3.05) is 6.54 Å². The first-order chi connectivity index (χ1) is 8.16. The van der Waals surface area contributed by atoms with E-state index < -0.39 is 0 Å². The molecule has 1 saturated carbocycles. The van der Waals surface area contributed by atoms with Gasteiger partial charge in [-0.3, -0.25) is 4.79 Å². The number of carbonyl (C=O) groups excluding carboxylic acids is 1. The second kappa shape index (κ2) is 5.56. The lowest BCUT2D eigenvalue weighted by Crippen LogP contribution is -2.23. The maximum atomic E-state index is 11.5. The molecule has 1 aromatic carbocycles. The molecule has 0 unspecified atom stereocenters. The standard InChI is InChI=1S/C13H13Cl2NO/c14-11-2-1-3-12(15)10(11)6-7-13(17)16-8-9-4-5-9/h1-3,6-7,9H,4-5,8H2,(H,16,17). The average Bonchev–Trinajstić information content (AvgIpc) is 3.09. The molecular formula is C13H13Cl2NO. The molecule has 0 radical (unpaired) electrons. The molecule has 1 fully saturated rings. The zero-order valence-electron chi connectivity index (χ0n) is 9.25. The minimum Gasteiger partial charge on any atom is -0.352 e. The van der Waals surface area contributed by atoms with Gasteiger partial charge in [-0.15, -0.1) is 0 Å². The Bertz CT molecular complexity index is 432. The lowest BCUT2D eigenvalue weighted by atomic mass is 10.2. The van der Waals surface area contributed by atoms with Crippen LogP contribution in [0.4, 0.5) is 0 Å². The third-order valence-corrected chi connectivity index (χ3v) is 3.32. The summed E-state index contributed by atoms with van der Waals surface area (Å²) in [6.45, 7) is 0.763. The first-order valence-electron chi connectivity index (χ1n) is 5.57. The maximum absolute atomic E-state index is 11.5. The van der Waals surface area contributed by atoms with E-state index >= 15 is 0 Å². The summed E-state index contributed by atoms with van der Waals surface area (Å²) < 4.78 is 0. The van der Waals surface area contributed by atoms with Crippen LogP contribution in [0.2, 0.25) is 10.0 Å². The zero-order chi connectivity index (χ0) is 12.3. The van der Waals surface area contributed by atoms with E-state index in [2.05, 4.69) is 5.32 Å². The van der Waals surface area contributed by atoms with Crippen molar-refractivity contribution in [3.8, 4) is 0 Å². The Morgan fingerprint density at radius 3 is 2.59 bits per heavy atom. The fourth-order valence-corrected chi connectivity index (χ4v) is 1.98. The van der Waals surface area contributed by atoms with Crippen LogP contribution in [-0.4, -0.2) is 12.5 Å². The molecule has 0 heterocycles. The molecule has 1 aliphatic carbocycles. The topological polar surface area (TPSA) is 29.1 Å². The lowest BCUT2D eigenvalue weighted by molar-refractivity contribution is -0.116. The summed E-state index contributed by atoms with van der Waals surface area (Å²) in [5.41, 5.74) is 0.678. The first kappa shape index (κ1) is 12.5. The van der Waals surface area contributed by atoms with Crippen molar-refractivity contribution in [2.45, 2.75) is 12.8 Å². The number of nitrogens with one attached hydrogen (secondary N) is 1. The third-order valence-electron chi connectivity index (χ3n) is 2.66. The Balaban J connectivity index is 1.96. The average molecular weight is 270 g/mol. The van der Waals surface area contributed by atoms with Crippen molar-refractivity contribution in [1.82, 2.24) is 5.32 Å². The van der Waals surface area contributed by atoms with Crippen molar-refractivity contribution in [1.29, 1.82) is 0 Å². The van der Waals surface area contributed by atoms with Crippen LogP contribution in [0, 0.1) is 5.92 Å². The Morgan fingerprint density at radius 2 is 2.00 bits per heavy atom. The molecule has 4 heteroatoms. The predicted octanol–water partition coefficient (Wildman–Crippen LogP) is 3.53. The normalized spacial score (nSPS) is 15.2. The number of hydrogen-bond donors (Lipinski definition) is 1. The minimum absolute atomic E-state index is 0.104. The maximum Gasteiger partial charge on any atom is 0.244 e. The van der Waals surface area contributed by atoms with Crippen LogP contribution in [0.5, 0.6) is 0 Å². The number of amides is 1. The molecule has 2 nitrogen and oxygen atoms in total. The van der Waals surface area contributed by atoms with Crippen LogP contribution >= 0.6 is 23.2 Å². The van der Waals surface area contributed by atoms with E-state index in [4.69, 9.17) is 23.2 Å². The molecule has 1 aliphatic rings. The van der Waals surface area contributed by atoms with Gasteiger partial charge in [0.15, 0.2) is 0 Å². The molecule has 0 saturated heterocycles. The van der Waals surface area contributed by atoms with E-state index in [1.807, 2.05) is 0 Å². The van der Waals surface area contributed by atoms with Gasteiger partial charge in [0, 0.05) is 28.2 Å². The monoisotopic (exact) mass is 269 g/mol. The van der Waals surface area contributed by atoms with Gasteiger partial charge in [-0.05, 0) is 37.0 Å². The summed E-state index contributed by atoms with van der Waals surface area (Å²) in [5, 5.41) is 3.93. The van der Waals surface area contributed by atoms with Gasteiger partial charge in [-0.25, -0.2) is 0 Å². The van der Waals surface area contributed by atoms with Crippen LogP contribution in [0.15, 0.2) is 24.3 Å². The quantitative estimate of drug-likeness (QED) is 0.833. The molecule has 90 valence electrons. The van der Waals surface area contributed by atoms with E-state index in [9.17, 15) is 4.79 Å². The Hall–Kier alpha value is -0.990. The van der Waals surface area contributed by atoms with Crippen molar-refractivity contribution in [3.05, 3.63) is 39.9 Å². The minimum atomic E-state index is -0.104. The Morgan fingerprint density at radius 1 is 1.35 bits per heavy atom. The first-order valence-corrected chi connectivity index (χ1v) is 6.32. The van der Waals surface area contributed by atoms with Crippen molar-refractivity contribution in [2.24, 2.45) is 5.92 Å². The summed E-state index contributed by atoms with van der Waals surface area (Å²) in [4.78, 5) is 11.5. The number of hydrogen-bond acceptors (Lipinski definition) is 1. The summed E-state index contributed by atoms with van der Waals surface area (Å²) in [6, 6.07) is 5.26. The molecule has 1 N–H and O–H groups in total. The number of rotatable bonds is 4. The van der Waals surface area contributed by atoms with E-state index in [-0.39, 0.29) is 5.91 Å². The molecule has 17 heavy (non-hydrogen) atoms. The van der Waals surface area contributed by atoms with Gasteiger partial charge in [0.05, 0.1) is 0 Å². The fraction of sp³-hybridized carbons (Fsp3) is 0.308. The largest absolute Gasteiger partial charge is 0.352 e. The molecule has 0 bridgehead atoms. The molecule has 1 aromatic rings. The van der Waals surface area contributed by atoms with Crippen LogP contribution in [-0.2, 0) is 4.79 Å². The van der Waals surface area contributed by atoms with Crippen molar-refractivity contribution >= 4 is 35.2 Å². The predicted molar refractivity (Wildman–Crippen MR) is 71.2 cm³/mol. The van der Waals surface area contributed by atoms with Gasteiger partial charge in [-0.1, -0.05) is 29.3 Å². The van der Waals surface area contributed by atoms with Crippen LogP contribution in [0.25, 0.3) is 6.08 Å². The summed E-state index contributed by atoms with van der Waals surface area (Å²) in [7, 11) is 0. The van der Waals surface area contributed by atoms with Crippen LogP contribution in [0.1, 0.15) is 18.4 Å². The molecule has 0 aliphatic heterocycles. The van der Waals surface area contributed by atoms with E-state index in [1.165, 1.54) is 18.9 Å². The van der Waals surface area contributed by atoms with Gasteiger partial charge in [0.2, 0.25) is 5.91 Å². The highest BCUT2D eigenvalue weighted by atomic mass is 35.5. The second-order valence-electron chi connectivity index (χ2n) is 4.16. The summed E-state index contributed by atoms with van der Waals surface area (Å²) >= 11 is 12.0. The Labute approximate surface area is 111 Å². The molecule has 2 rings (SSSR count). The van der Waals surface area contributed by atoms with Crippen LogP contribution in [0.3, 0.4) is 0 Å². The smallest absolute Gasteiger partial charge is 0.244 e. The van der Waals surface area contributed by atoms with Gasteiger partial charge in [-0.2, -0.15) is 0 Å². The van der Waals surface area contributed by atoms with Gasteiger partial charge in [0.25, 0.3) is 0 Å². The number of benzene rings is 1. The molecule has 1 amide bonds. The third kappa shape index (κ3) is 3.76. The molecule has 0 spiro atoms. The van der Waals surface area contributed by atoms with E-state index in [0.29, 0.717) is 21.5 Å².